The van der Waals surface area contributed by atoms with E-state index >= 15 is 0 Å². The van der Waals surface area contributed by atoms with Crippen molar-refractivity contribution in [3.8, 4) is 5.75 Å². The number of thiophene rings is 1. The predicted molar refractivity (Wildman–Crippen MR) is 118 cm³/mol. The van der Waals surface area contributed by atoms with E-state index in [1.807, 2.05) is 25.1 Å². The Balaban J connectivity index is 1.72. The number of thioether (sulfide) groups is 1. The molecule has 0 saturated carbocycles. The topological polar surface area (TPSA) is 120 Å². The summed E-state index contributed by atoms with van der Waals surface area (Å²) in [4.78, 5) is 44.4. The normalized spacial score (nSPS) is 10.7. The number of fused-ring (bicyclic) bond motifs is 1. The number of methoxy groups -OCH3 is 2. The highest BCUT2D eigenvalue weighted by Crippen LogP contribution is 2.34. The predicted octanol–water partition coefficient (Wildman–Crippen LogP) is 3.64. The molecule has 0 radical (unpaired) electrons. The van der Waals surface area contributed by atoms with Crippen LogP contribution in [0, 0.1) is 6.92 Å². The number of rotatable bonds is 8. The van der Waals surface area contributed by atoms with Crippen LogP contribution in [0.4, 0.5) is 5.00 Å². The van der Waals surface area contributed by atoms with Crippen molar-refractivity contribution >= 4 is 57.0 Å². The monoisotopic (exact) mass is 463 g/mol. The Morgan fingerprint density at radius 2 is 1.94 bits per heavy atom. The number of carbonyl (C=O) groups excluding carboxylic acids is 3. The molecule has 0 aliphatic carbocycles. The smallest absolute Gasteiger partial charge is 0.348 e. The summed E-state index contributed by atoms with van der Waals surface area (Å²) in [5, 5.41) is 3.50. The van der Waals surface area contributed by atoms with Crippen LogP contribution in [0.5, 0.6) is 5.75 Å². The number of carbonyl (C=O) groups is 3. The van der Waals surface area contributed by atoms with E-state index in [0.29, 0.717) is 17.3 Å². The van der Waals surface area contributed by atoms with Gasteiger partial charge in [0, 0.05) is 6.07 Å². The zero-order chi connectivity index (χ0) is 22.5. The van der Waals surface area contributed by atoms with Crippen molar-refractivity contribution in [2.45, 2.75) is 19.0 Å². The van der Waals surface area contributed by atoms with Gasteiger partial charge in [-0.1, -0.05) is 11.8 Å². The van der Waals surface area contributed by atoms with Gasteiger partial charge in [0.1, 0.15) is 15.6 Å². The quantitative estimate of drug-likeness (QED) is 0.384. The van der Waals surface area contributed by atoms with Gasteiger partial charge in [-0.05, 0) is 31.5 Å². The average Bonchev–Trinajstić information content (AvgIpc) is 3.31. The van der Waals surface area contributed by atoms with Crippen LogP contribution >= 0.6 is 23.1 Å². The zero-order valence-electron chi connectivity index (χ0n) is 17.4. The number of hydrogen-bond acceptors (Lipinski definition) is 9. The Hall–Kier alpha value is -3.05. The zero-order valence-corrected chi connectivity index (χ0v) is 19.0. The summed E-state index contributed by atoms with van der Waals surface area (Å²) in [6.07, 6.45) is 0. The van der Waals surface area contributed by atoms with E-state index < -0.39 is 11.9 Å². The first-order valence-corrected chi connectivity index (χ1v) is 11.0. The molecule has 0 spiro atoms. The Labute approximate surface area is 186 Å². The lowest BCUT2D eigenvalue weighted by atomic mass is 10.1. The maximum absolute atomic E-state index is 12.5. The van der Waals surface area contributed by atoms with Crippen LogP contribution in [0.3, 0.4) is 0 Å². The maximum atomic E-state index is 12.5. The van der Waals surface area contributed by atoms with Crippen LogP contribution in [0.15, 0.2) is 23.4 Å². The Bertz CT molecular complexity index is 1140. The van der Waals surface area contributed by atoms with Crippen molar-refractivity contribution in [3.05, 3.63) is 34.2 Å². The molecule has 2 N–H and O–H groups in total. The molecule has 0 aliphatic rings. The van der Waals surface area contributed by atoms with Crippen LogP contribution in [0.2, 0.25) is 0 Å². The summed E-state index contributed by atoms with van der Waals surface area (Å²) < 4.78 is 15.0. The second-order valence-electron chi connectivity index (χ2n) is 6.23. The number of ether oxygens (including phenoxy) is 3. The van der Waals surface area contributed by atoms with E-state index in [0.717, 1.165) is 28.1 Å². The number of aromatic amines is 1. The van der Waals surface area contributed by atoms with Crippen LogP contribution in [-0.4, -0.2) is 54.4 Å². The molecule has 2 heterocycles. The number of imidazole rings is 1. The Morgan fingerprint density at radius 3 is 2.61 bits per heavy atom. The molecule has 1 amide bonds. The average molecular weight is 464 g/mol. The summed E-state index contributed by atoms with van der Waals surface area (Å²) in [5.74, 6) is -0.810. The number of nitrogens with zero attached hydrogens (tertiary/aromatic N) is 1. The first kappa shape index (κ1) is 22.6. The molecule has 0 bridgehead atoms. The van der Waals surface area contributed by atoms with Gasteiger partial charge in [0.25, 0.3) is 0 Å². The highest BCUT2D eigenvalue weighted by atomic mass is 32.2. The molecule has 0 aliphatic heterocycles. The van der Waals surface area contributed by atoms with Gasteiger partial charge in [-0.3, -0.25) is 4.79 Å². The van der Waals surface area contributed by atoms with Gasteiger partial charge in [-0.25, -0.2) is 14.6 Å². The third-order valence-corrected chi connectivity index (χ3v) is 6.30. The van der Waals surface area contributed by atoms with Gasteiger partial charge in [-0.15, -0.1) is 11.3 Å². The SMILES string of the molecule is CCOc1ccc2nc(SCC(=O)Nc3sc(C(=O)OC)c(C)c3C(=O)OC)[nH]c2c1. The minimum atomic E-state index is -0.644. The summed E-state index contributed by atoms with van der Waals surface area (Å²) in [5.41, 5.74) is 2.10. The molecule has 11 heteroatoms. The molecule has 1 aromatic carbocycles. The number of H-pyrrole nitrogens is 1. The summed E-state index contributed by atoms with van der Waals surface area (Å²) in [6, 6.07) is 5.52. The fraction of sp³-hybridized carbons (Fsp3) is 0.300. The molecule has 3 rings (SSSR count). The molecule has 3 aromatic rings. The Morgan fingerprint density at radius 1 is 1.19 bits per heavy atom. The standard InChI is InChI=1S/C20H21N3O6S2/c1-5-29-11-6-7-12-13(8-11)22-20(21-12)30-9-14(24)23-17-15(18(25)27-3)10(2)16(31-17)19(26)28-4/h6-8H,5,9H2,1-4H3,(H,21,22)(H,23,24). The third kappa shape index (κ3) is 5.00. The van der Waals surface area contributed by atoms with Crippen LogP contribution in [0.1, 0.15) is 32.5 Å². The van der Waals surface area contributed by atoms with Gasteiger partial charge in [0.05, 0.1) is 43.2 Å². The number of benzene rings is 1. The van der Waals surface area contributed by atoms with E-state index in [4.69, 9.17) is 14.2 Å². The largest absolute Gasteiger partial charge is 0.494 e. The van der Waals surface area contributed by atoms with Gasteiger partial charge in [0.15, 0.2) is 5.16 Å². The molecule has 0 saturated heterocycles. The Kier molecular flexibility index (Phi) is 7.18. The van der Waals surface area contributed by atoms with Gasteiger partial charge in [-0.2, -0.15) is 0 Å². The molecular weight excluding hydrogens is 442 g/mol. The minimum Gasteiger partial charge on any atom is -0.494 e. The number of esters is 2. The second kappa shape index (κ2) is 9.84. The first-order chi connectivity index (χ1) is 14.9. The molecule has 0 atom stereocenters. The summed E-state index contributed by atoms with van der Waals surface area (Å²) in [6.45, 7) is 4.07. The van der Waals surface area contributed by atoms with Crippen LogP contribution in [-0.2, 0) is 14.3 Å². The fourth-order valence-electron chi connectivity index (χ4n) is 2.82. The lowest BCUT2D eigenvalue weighted by molar-refractivity contribution is -0.113. The molecule has 31 heavy (non-hydrogen) atoms. The molecule has 164 valence electrons. The fourth-order valence-corrected chi connectivity index (χ4v) is 4.64. The van der Waals surface area contributed by atoms with Crippen molar-refractivity contribution in [3.63, 3.8) is 0 Å². The number of anilines is 1. The van der Waals surface area contributed by atoms with Crippen molar-refractivity contribution in [2.75, 3.05) is 31.9 Å². The van der Waals surface area contributed by atoms with Crippen molar-refractivity contribution in [1.29, 1.82) is 0 Å². The van der Waals surface area contributed by atoms with Crippen molar-refractivity contribution in [1.82, 2.24) is 9.97 Å². The minimum absolute atomic E-state index is 0.0449. The second-order valence-corrected chi connectivity index (χ2v) is 8.22. The van der Waals surface area contributed by atoms with Crippen LogP contribution < -0.4 is 10.1 Å². The van der Waals surface area contributed by atoms with E-state index in [1.165, 1.54) is 26.0 Å². The number of hydrogen-bond donors (Lipinski definition) is 2. The number of nitrogens with one attached hydrogen (secondary N) is 2. The summed E-state index contributed by atoms with van der Waals surface area (Å²) in [7, 11) is 2.48. The lowest BCUT2D eigenvalue weighted by Gasteiger charge is -2.05. The van der Waals surface area contributed by atoms with E-state index in [9.17, 15) is 14.4 Å². The summed E-state index contributed by atoms with van der Waals surface area (Å²) >= 11 is 2.18. The lowest BCUT2D eigenvalue weighted by Crippen LogP contribution is -2.16. The van der Waals surface area contributed by atoms with Gasteiger partial charge in [0.2, 0.25) is 5.91 Å². The number of aromatic nitrogens is 2. The van der Waals surface area contributed by atoms with E-state index in [-0.39, 0.29) is 27.1 Å². The van der Waals surface area contributed by atoms with Crippen molar-refractivity contribution < 1.29 is 28.6 Å². The third-order valence-electron chi connectivity index (χ3n) is 4.24. The highest BCUT2D eigenvalue weighted by molar-refractivity contribution is 7.99. The molecule has 0 unspecified atom stereocenters. The van der Waals surface area contributed by atoms with Crippen molar-refractivity contribution in [2.24, 2.45) is 0 Å². The first-order valence-electron chi connectivity index (χ1n) is 9.23. The van der Waals surface area contributed by atoms with Gasteiger partial charge < -0.3 is 24.5 Å². The molecule has 2 aromatic heterocycles. The van der Waals surface area contributed by atoms with E-state index in [1.54, 1.807) is 6.92 Å². The maximum Gasteiger partial charge on any atom is 0.348 e. The number of amides is 1. The molecular formula is C20H21N3O6S2. The van der Waals surface area contributed by atoms with Crippen LogP contribution in [0.25, 0.3) is 11.0 Å². The molecule has 9 nitrogen and oxygen atoms in total. The highest BCUT2D eigenvalue weighted by Gasteiger charge is 2.26. The van der Waals surface area contributed by atoms with Gasteiger partial charge >= 0.3 is 11.9 Å². The molecule has 0 fully saturated rings. The van der Waals surface area contributed by atoms with E-state index in [2.05, 4.69) is 15.3 Å².